The van der Waals surface area contributed by atoms with Gasteiger partial charge < -0.3 is 4.74 Å². The molecule has 0 atom stereocenters. The largest absolute Gasteiger partial charge is 0.497 e. The smallest absolute Gasteiger partial charge is 0.194 e. The molecule has 1 aliphatic carbocycles. The molecule has 0 saturated heterocycles. The van der Waals surface area contributed by atoms with E-state index in [2.05, 4.69) is 30.3 Å². The number of benzene rings is 3. The number of ketones is 1. The van der Waals surface area contributed by atoms with Gasteiger partial charge in [0.1, 0.15) is 5.75 Å². The van der Waals surface area contributed by atoms with Gasteiger partial charge in [0.05, 0.1) is 7.11 Å². The van der Waals surface area contributed by atoms with Crippen LogP contribution in [-0.4, -0.2) is 12.9 Å². The standard InChI is InChI=1S/C24H16O2S2/c1-26-16-12-10-15(11-13-16)21-14-22(28-27-21)23-17-6-2-4-8-19(17)24(25)20-9-5-3-7-18(20)23/h2-14H,1H3. The number of carbonyl (C=O) groups excluding carboxylic acids is 1. The van der Waals surface area contributed by atoms with Crippen LogP contribution in [0, 0.1) is 0 Å². The van der Waals surface area contributed by atoms with Gasteiger partial charge in [0.25, 0.3) is 0 Å². The maximum absolute atomic E-state index is 13.0. The zero-order valence-electron chi connectivity index (χ0n) is 15.1. The average Bonchev–Trinajstić information content (AvgIpc) is 3.24. The molecule has 0 radical (unpaired) electrons. The normalized spacial score (nSPS) is 15.2. The summed E-state index contributed by atoms with van der Waals surface area (Å²) in [6.07, 6.45) is 2.23. The number of allylic oxidation sites excluding steroid dienone is 1. The Morgan fingerprint density at radius 2 is 1.29 bits per heavy atom. The number of rotatable bonds is 2. The number of ether oxygens (including phenoxy) is 1. The predicted molar refractivity (Wildman–Crippen MR) is 118 cm³/mol. The Balaban J connectivity index is 1.68. The molecule has 3 aromatic rings. The van der Waals surface area contributed by atoms with Gasteiger partial charge in [-0.2, -0.15) is 0 Å². The van der Waals surface area contributed by atoms with Crippen molar-refractivity contribution in [2.75, 3.05) is 7.11 Å². The van der Waals surface area contributed by atoms with E-state index in [0.717, 1.165) is 33.6 Å². The van der Waals surface area contributed by atoms with E-state index in [1.807, 2.05) is 48.5 Å². The van der Waals surface area contributed by atoms with Crippen molar-refractivity contribution in [1.29, 1.82) is 0 Å². The number of hydrogen-bond acceptors (Lipinski definition) is 4. The van der Waals surface area contributed by atoms with Crippen molar-refractivity contribution >= 4 is 37.8 Å². The number of carbonyl (C=O) groups is 1. The van der Waals surface area contributed by atoms with E-state index in [0.29, 0.717) is 0 Å². The van der Waals surface area contributed by atoms with Crippen molar-refractivity contribution in [2.24, 2.45) is 0 Å². The second-order valence-corrected chi connectivity index (χ2v) is 8.78. The van der Waals surface area contributed by atoms with Crippen molar-refractivity contribution in [3.05, 3.63) is 112 Å². The first-order valence-corrected chi connectivity index (χ1v) is 11.1. The van der Waals surface area contributed by atoms with Crippen LogP contribution in [0.15, 0.2) is 83.8 Å². The summed E-state index contributed by atoms with van der Waals surface area (Å²) in [5.74, 6) is 0.956. The second kappa shape index (κ2) is 7.04. The van der Waals surface area contributed by atoms with Crippen LogP contribution < -0.4 is 4.74 Å². The quantitative estimate of drug-likeness (QED) is 0.362. The van der Waals surface area contributed by atoms with Gasteiger partial charge in [-0.15, -0.1) is 0 Å². The monoisotopic (exact) mass is 400 g/mol. The van der Waals surface area contributed by atoms with E-state index in [4.69, 9.17) is 4.74 Å². The number of hydrogen-bond donors (Lipinski definition) is 0. The SMILES string of the molecule is COc1ccc(C2=CC(=C3c4ccccc4C(=O)c4ccccc43)SS2)cc1. The molecule has 0 saturated carbocycles. The summed E-state index contributed by atoms with van der Waals surface area (Å²) >= 11 is 0. The molecule has 136 valence electrons. The van der Waals surface area contributed by atoms with E-state index in [9.17, 15) is 4.79 Å². The molecular formula is C24H16O2S2. The summed E-state index contributed by atoms with van der Waals surface area (Å²) in [6, 6.07) is 24.0. The van der Waals surface area contributed by atoms with Gasteiger partial charge in [0, 0.05) is 26.5 Å². The third kappa shape index (κ3) is 2.81. The van der Waals surface area contributed by atoms with Crippen LogP contribution in [0.3, 0.4) is 0 Å². The summed E-state index contributed by atoms with van der Waals surface area (Å²) in [6.45, 7) is 0. The molecule has 3 aromatic carbocycles. The predicted octanol–water partition coefficient (Wildman–Crippen LogP) is 6.44. The molecule has 1 aliphatic heterocycles. The fraction of sp³-hybridized carbons (Fsp3) is 0.0417. The molecule has 0 N–H and O–H groups in total. The first-order chi connectivity index (χ1) is 13.8. The van der Waals surface area contributed by atoms with Gasteiger partial charge in [-0.25, -0.2) is 0 Å². The first-order valence-electron chi connectivity index (χ1n) is 8.94. The summed E-state index contributed by atoms with van der Waals surface area (Å²) < 4.78 is 5.26. The van der Waals surface area contributed by atoms with Crippen molar-refractivity contribution in [2.45, 2.75) is 0 Å². The molecule has 1 heterocycles. The fourth-order valence-corrected chi connectivity index (χ4v) is 6.10. The van der Waals surface area contributed by atoms with Gasteiger partial charge >= 0.3 is 0 Å². The van der Waals surface area contributed by atoms with E-state index >= 15 is 0 Å². The van der Waals surface area contributed by atoms with Crippen LogP contribution in [0.2, 0.25) is 0 Å². The minimum absolute atomic E-state index is 0.102. The molecule has 28 heavy (non-hydrogen) atoms. The topological polar surface area (TPSA) is 26.3 Å². The lowest BCUT2D eigenvalue weighted by molar-refractivity contribution is 0.103. The molecule has 0 amide bonds. The Morgan fingerprint density at radius 1 is 0.714 bits per heavy atom. The fourth-order valence-electron chi connectivity index (χ4n) is 3.61. The van der Waals surface area contributed by atoms with Crippen LogP contribution in [0.1, 0.15) is 32.6 Å². The number of methoxy groups -OCH3 is 1. The van der Waals surface area contributed by atoms with E-state index in [-0.39, 0.29) is 5.78 Å². The van der Waals surface area contributed by atoms with Crippen molar-refractivity contribution < 1.29 is 9.53 Å². The van der Waals surface area contributed by atoms with Gasteiger partial charge in [-0.1, -0.05) is 82.3 Å². The average molecular weight is 401 g/mol. The Labute approximate surface area is 171 Å². The molecule has 0 fully saturated rings. The molecule has 2 aliphatic rings. The lowest BCUT2D eigenvalue weighted by Crippen LogP contribution is -2.14. The van der Waals surface area contributed by atoms with Crippen LogP contribution in [0.25, 0.3) is 10.5 Å². The van der Waals surface area contributed by atoms with Crippen molar-refractivity contribution in [3.63, 3.8) is 0 Å². The highest BCUT2D eigenvalue weighted by atomic mass is 33.1. The molecule has 5 rings (SSSR count). The van der Waals surface area contributed by atoms with E-state index in [1.165, 1.54) is 15.4 Å². The Bertz CT molecular complexity index is 1110. The number of fused-ring (bicyclic) bond motifs is 2. The maximum Gasteiger partial charge on any atom is 0.194 e. The third-order valence-corrected chi connectivity index (χ3v) is 7.43. The Hall–Kier alpha value is -2.69. The van der Waals surface area contributed by atoms with Crippen LogP contribution in [0.5, 0.6) is 5.75 Å². The van der Waals surface area contributed by atoms with Gasteiger partial charge in [-0.3, -0.25) is 4.79 Å². The Morgan fingerprint density at radius 3 is 1.86 bits per heavy atom. The van der Waals surface area contributed by atoms with Gasteiger partial charge in [0.15, 0.2) is 5.78 Å². The van der Waals surface area contributed by atoms with E-state index < -0.39 is 0 Å². The van der Waals surface area contributed by atoms with Crippen LogP contribution >= 0.6 is 21.6 Å². The lowest BCUT2D eigenvalue weighted by atomic mass is 9.81. The second-order valence-electron chi connectivity index (χ2n) is 6.56. The summed E-state index contributed by atoms with van der Waals surface area (Å²) in [7, 11) is 5.18. The third-order valence-electron chi connectivity index (χ3n) is 4.99. The zero-order valence-corrected chi connectivity index (χ0v) is 16.8. The molecule has 0 bridgehead atoms. The maximum atomic E-state index is 13.0. The molecular weight excluding hydrogens is 384 g/mol. The highest BCUT2D eigenvalue weighted by molar-refractivity contribution is 8.82. The lowest BCUT2D eigenvalue weighted by Gasteiger charge is -2.22. The van der Waals surface area contributed by atoms with Crippen LogP contribution in [-0.2, 0) is 0 Å². The molecule has 0 aromatic heterocycles. The highest BCUT2D eigenvalue weighted by Gasteiger charge is 2.29. The summed E-state index contributed by atoms with van der Waals surface area (Å²) in [4.78, 5) is 15.3. The minimum Gasteiger partial charge on any atom is -0.497 e. The molecule has 4 heteroatoms. The van der Waals surface area contributed by atoms with Crippen molar-refractivity contribution in [1.82, 2.24) is 0 Å². The molecule has 2 nitrogen and oxygen atoms in total. The highest BCUT2D eigenvalue weighted by Crippen LogP contribution is 2.54. The zero-order chi connectivity index (χ0) is 19.1. The van der Waals surface area contributed by atoms with Crippen molar-refractivity contribution in [3.8, 4) is 5.75 Å². The van der Waals surface area contributed by atoms with Crippen LogP contribution in [0.4, 0.5) is 0 Å². The Kier molecular flexibility index (Phi) is 4.38. The molecule has 0 spiro atoms. The van der Waals surface area contributed by atoms with Gasteiger partial charge in [-0.05, 0) is 34.9 Å². The molecule has 0 unspecified atom stereocenters. The van der Waals surface area contributed by atoms with Gasteiger partial charge in [0.2, 0.25) is 0 Å². The minimum atomic E-state index is 0.102. The van der Waals surface area contributed by atoms with E-state index in [1.54, 1.807) is 28.7 Å². The first kappa shape index (κ1) is 17.4. The summed E-state index contributed by atoms with van der Waals surface area (Å²) in [5, 5.41) is 0. The summed E-state index contributed by atoms with van der Waals surface area (Å²) in [5.41, 5.74) is 5.90.